The van der Waals surface area contributed by atoms with Crippen molar-refractivity contribution in [3.05, 3.63) is 58.6 Å². The highest BCUT2D eigenvalue weighted by Crippen LogP contribution is 2.27. The van der Waals surface area contributed by atoms with Crippen LogP contribution in [0, 0.1) is 29.2 Å². The second kappa shape index (κ2) is 14.0. The van der Waals surface area contributed by atoms with Gasteiger partial charge in [-0.1, -0.05) is 30.2 Å². The summed E-state index contributed by atoms with van der Waals surface area (Å²) in [6.07, 6.45) is -0.277. The van der Waals surface area contributed by atoms with E-state index < -0.39 is 84.2 Å². The molecule has 3 rings (SSSR count). The second-order valence-electron chi connectivity index (χ2n) is 8.98. The molecule has 1 fully saturated rings. The minimum absolute atomic E-state index is 0.0322. The number of carbonyl (C=O) groups excluding carboxylic acids is 3. The summed E-state index contributed by atoms with van der Waals surface area (Å²) < 4.78 is 64.7. The number of nitrogens with zero attached hydrogens (tertiary/aromatic N) is 1. The van der Waals surface area contributed by atoms with Gasteiger partial charge in [0.2, 0.25) is 17.5 Å². The van der Waals surface area contributed by atoms with Gasteiger partial charge in [-0.25, -0.2) is 13.6 Å². The number of halogens is 5. The summed E-state index contributed by atoms with van der Waals surface area (Å²) in [5.74, 6) is -12.3. The molecule has 0 aromatic heterocycles. The molecule has 1 saturated heterocycles. The van der Waals surface area contributed by atoms with Gasteiger partial charge in [-0.15, -0.1) is 0 Å². The fraction of sp³-hybridized carbons (Fsp3) is 0.385. The Bertz CT molecular complexity index is 1250. The third-order valence-corrected chi connectivity index (χ3v) is 6.43. The molecular weight excluding hydrogens is 564 g/mol. The number of para-hydroxylation sites is 1. The first-order chi connectivity index (χ1) is 19.0. The molecule has 2 amide bonds. The topological polar surface area (TPSA) is 122 Å². The predicted octanol–water partition coefficient (Wildman–Crippen LogP) is 4.50. The molecule has 2 N–H and O–H groups in total. The van der Waals surface area contributed by atoms with E-state index >= 15 is 0 Å². The number of carboxylic acids is 1. The third kappa shape index (κ3) is 8.07. The fourth-order valence-electron chi connectivity index (χ4n) is 4.00. The average molecular weight is 589 g/mol. The lowest BCUT2D eigenvalue weighted by Crippen LogP contribution is -2.48. The lowest BCUT2D eigenvalue weighted by atomic mass is 10.00. The molecule has 2 aromatic carbocycles. The van der Waals surface area contributed by atoms with E-state index in [4.69, 9.17) is 21.4 Å². The fourth-order valence-corrected chi connectivity index (χ4v) is 4.18. The van der Waals surface area contributed by atoms with E-state index in [0.29, 0.717) is 19.3 Å². The zero-order chi connectivity index (χ0) is 29.4. The highest BCUT2D eigenvalue weighted by molar-refractivity contribution is 6.32. The molecule has 2 aromatic rings. The summed E-state index contributed by atoms with van der Waals surface area (Å²) in [6, 6.07) is 4.81. The average Bonchev–Trinajstić information content (AvgIpc) is 3.17. The van der Waals surface area contributed by atoms with Gasteiger partial charge < -0.3 is 24.8 Å². The molecule has 1 aliphatic heterocycles. The Morgan fingerprint density at radius 3 is 2.40 bits per heavy atom. The highest BCUT2D eigenvalue weighted by Gasteiger charge is 2.32. The number of Topliss-reactive ketones (excluding diaryl/α,β-unsaturated/α-hetero) is 1. The summed E-state index contributed by atoms with van der Waals surface area (Å²) in [4.78, 5) is 51.0. The van der Waals surface area contributed by atoms with Crippen molar-refractivity contribution in [3.63, 3.8) is 0 Å². The number of nitrogens with one attached hydrogen (secondary N) is 1. The number of rotatable bonds is 10. The normalized spacial score (nSPS) is 16.0. The first-order valence-corrected chi connectivity index (χ1v) is 12.6. The van der Waals surface area contributed by atoms with Crippen LogP contribution in [0.2, 0.25) is 5.02 Å². The number of hydrogen-bond donors (Lipinski definition) is 2. The van der Waals surface area contributed by atoms with Gasteiger partial charge >= 0.3 is 12.1 Å². The molecule has 40 heavy (non-hydrogen) atoms. The summed E-state index contributed by atoms with van der Waals surface area (Å²) in [5.41, 5.74) is 0. The van der Waals surface area contributed by atoms with Gasteiger partial charge in [0.1, 0.15) is 6.61 Å². The zero-order valence-corrected chi connectivity index (χ0v) is 21.7. The molecule has 0 unspecified atom stereocenters. The van der Waals surface area contributed by atoms with E-state index in [-0.39, 0.29) is 29.9 Å². The lowest BCUT2D eigenvalue weighted by Gasteiger charge is -2.25. The van der Waals surface area contributed by atoms with Gasteiger partial charge in [-0.05, 0) is 31.4 Å². The highest BCUT2D eigenvalue weighted by atomic mass is 35.5. The summed E-state index contributed by atoms with van der Waals surface area (Å²) in [6.45, 7) is -0.920. The van der Waals surface area contributed by atoms with Gasteiger partial charge in [0, 0.05) is 25.6 Å². The number of ether oxygens (including phenoxy) is 2. The molecule has 1 heterocycles. The Labute approximate surface area is 231 Å². The van der Waals surface area contributed by atoms with Crippen molar-refractivity contribution in [2.24, 2.45) is 5.92 Å². The minimum Gasteiger partial charge on any atom is -0.481 e. The molecule has 0 bridgehead atoms. The van der Waals surface area contributed by atoms with Crippen LogP contribution in [-0.2, 0) is 14.4 Å². The molecule has 216 valence electrons. The van der Waals surface area contributed by atoms with Crippen LogP contribution in [0.4, 0.5) is 22.4 Å². The van der Waals surface area contributed by atoms with Gasteiger partial charge in [-0.3, -0.25) is 14.4 Å². The maximum atomic E-state index is 13.9. The van der Waals surface area contributed by atoms with Crippen LogP contribution in [0.5, 0.6) is 11.5 Å². The molecule has 0 spiro atoms. The largest absolute Gasteiger partial charge is 0.481 e. The number of carbonyl (C=O) groups is 4. The molecule has 0 radical (unpaired) electrons. The molecule has 9 nitrogen and oxygen atoms in total. The van der Waals surface area contributed by atoms with Crippen LogP contribution in [0.1, 0.15) is 32.1 Å². The molecule has 0 aliphatic carbocycles. The van der Waals surface area contributed by atoms with Gasteiger partial charge in [0.15, 0.2) is 28.9 Å². The van der Waals surface area contributed by atoms with Crippen LogP contribution >= 0.6 is 11.6 Å². The van der Waals surface area contributed by atoms with E-state index in [1.165, 1.54) is 17.0 Å². The van der Waals surface area contributed by atoms with Crippen LogP contribution in [0.25, 0.3) is 0 Å². The van der Waals surface area contributed by atoms with Gasteiger partial charge in [0.25, 0.3) is 0 Å². The minimum atomic E-state index is -1.86. The van der Waals surface area contributed by atoms with Crippen molar-refractivity contribution >= 4 is 35.4 Å². The van der Waals surface area contributed by atoms with Crippen LogP contribution in [0.3, 0.4) is 0 Å². The quantitative estimate of drug-likeness (QED) is 0.310. The number of benzene rings is 2. The van der Waals surface area contributed by atoms with E-state index in [1.807, 2.05) is 0 Å². The molecule has 0 saturated carbocycles. The van der Waals surface area contributed by atoms with Crippen LogP contribution in [-0.4, -0.2) is 59.5 Å². The van der Waals surface area contributed by atoms with Crippen molar-refractivity contribution < 1.29 is 51.3 Å². The summed E-state index contributed by atoms with van der Waals surface area (Å²) in [7, 11) is 0. The third-order valence-electron chi connectivity index (χ3n) is 6.12. The van der Waals surface area contributed by atoms with Crippen molar-refractivity contribution in [2.45, 2.75) is 38.1 Å². The molecule has 14 heteroatoms. The summed E-state index contributed by atoms with van der Waals surface area (Å²) >= 11 is 6.03. The number of ketones is 1. The SMILES string of the molecule is O=C(O)CC[C@H](NC(=O)[C@@H]1CCCCN(C(=O)Oc2ccccc2Cl)C1)C(=O)COc1c(F)c(F)cc(F)c1F. The van der Waals surface area contributed by atoms with Crippen molar-refractivity contribution in [2.75, 3.05) is 19.7 Å². The number of amides is 2. The molecular formula is C26H25ClF4N2O7. The number of carboxylic acid groups (broad SMARTS) is 1. The number of aliphatic carboxylic acids is 1. The Balaban J connectivity index is 1.68. The van der Waals surface area contributed by atoms with E-state index in [9.17, 15) is 36.7 Å². The smallest absolute Gasteiger partial charge is 0.415 e. The van der Waals surface area contributed by atoms with E-state index in [2.05, 4.69) is 10.1 Å². The number of likely N-dealkylation sites (tertiary alicyclic amines) is 1. The van der Waals surface area contributed by atoms with Crippen LogP contribution in [0.15, 0.2) is 30.3 Å². The molecule has 2 atom stereocenters. The first kappa shape index (κ1) is 30.7. The number of hydrogen-bond acceptors (Lipinski definition) is 6. The Morgan fingerprint density at radius 2 is 1.75 bits per heavy atom. The predicted molar refractivity (Wildman–Crippen MR) is 132 cm³/mol. The Kier molecular flexibility index (Phi) is 10.7. The lowest BCUT2D eigenvalue weighted by molar-refractivity contribution is -0.138. The van der Waals surface area contributed by atoms with Crippen molar-refractivity contribution in [1.82, 2.24) is 10.2 Å². The van der Waals surface area contributed by atoms with Crippen LogP contribution < -0.4 is 14.8 Å². The molecule has 1 aliphatic rings. The first-order valence-electron chi connectivity index (χ1n) is 12.2. The second-order valence-corrected chi connectivity index (χ2v) is 9.39. The Morgan fingerprint density at radius 1 is 1.07 bits per heavy atom. The standard InChI is InChI=1S/C26H25ClF4N2O7/c27-15-6-1-2-7-20(15)40-26(38)33-10-4-3-5-14(12-33)25(37)32-18(8-9-21(35)36)19(34)13-39-24-22(30)16(28)11-17(29)23(24)31/h1-2,6-7,11,14,18H,3-5,8-10,12-13H2,(H,32,37)(H,35,36)/t14-,18+/m1/s1. The zero-order valence-electron chi connectivity index (χ0n) is 20.9. The van der Waals surface area contributed by atoms with E-state index in [1.54, 1.807) is 12.1 Å². The maximum absolute atomic E-state index is 13.9. The van der Waals surface area contributed by atoms with Crippen molar-refractivity contribution in [1.29, 1.82) is 0 Å². The monoisotopic (exact) mass is 588 g/mol. The van der Waals surface area contributed by atoms with Gasteiger partial charge in [-0.2, -0.15) is 8.78 Å². The van der Waals surface area contributed by atoms with Crippen molar-refractivity contribution in [3.8, 4) is 11.5 Å². The maximum Gasteiger partial charge on any atom is 0.415 e. The summed E-state index contributed by atoms with van der Waals surface area (Å²) in [5, 5.41) is 11.7. The van der Waals surface area contributed by atoms with E-state index in [0.717, 1.165) is 0 Å². The Hall–Kier alpha value is -3.87. The van der Waals surface area contributed by atoms with Gasteiger partial charge in [0.05, 0.1) is 17.0 Å².